The van der Waals surface area contributed by atoms with Crippen LogP contribution in [0.4, 0.5) is 4.39 Å². The molecule has 0 spiro atoms. The number of hydrogen-bond acceptors (Lipinski definition) is 2. The Morgan fingerprint density at radius 1 is 1.24 bits per heavy atom. The van der Waals surface area contributed by atoms with Crippen molar-refractivity contribution in [2.24, 2.45) is 5.73 Å². The summed E-state index contributed by atoms with van der Waals surface area (Å²) in [5, 5.41) is 2.68. The van der Waals surface area contributed by atoms with Crippen molar-refractivity contribution in [2.45, 2.75) is 12.5 Å². The topological polar surface area (TPSA) is 55.1 Å². The smallest absolute Gasteiger partial charge is 0.251 e. The van der Waals surface area contributed by atoms with Crippen LogP contribution in [0.1, 0.15) is 28.4 Å². The van der Waals surface area contributed by atoms with Gasteiger partial charge in [0.05, 0.1) is 5.02 Å². The second-order valence-electron chi connectivity index (χ2n) is 4.69. The van der Waals surface area contributed by atoms with E-state index < -0.39 is 5.82 Å². The van der Waals surface area contributed by atoms with Crippen molar-refractivity contribution in [1.82, 2.24) is 5.32 Å². The number of halogens is 2. The average molecular weight is 307 g/mol. The molecule has 110 valence electrons. The second-order valence-corrected chi connectivity index (χ2v) is 5.10. The lowest BCUT2D eigenvalue weighted by molar-refractivity contribution is 0.0952. The van der Waals surface area contributed by atoms with Crippen LogP contribution in [0.5, 0.6) is 0 Å². The predicted octanol–water partition coefficient (Wildman–Crippen LogP) is 3.30. The largest absolute Gasteiger partial charge is 0.352 e. The zero-order valence-electron chi connectivity index (χ0n) is 11.4. The van der Waals surface area contributed by atoms with Crippen molar-refractivity contribution in [3.63, 3.8) is 0 Å². The molecule has 0 saturated heterocycles. The van der Waals surface area contributed by atoms with Crippen LogP contribution < -0.4 is 11.1 Å². The molecule has 2 aromatic rings. The number of carbonyl (C=O) groups excluding carboxylic acids is 1. The molecule has 3 N–H and O–H groups in total. The molecule has 2 rings (SSSR count). The van der Waals surface area contributed by atoms with E-state index in [1.54, 1.807) is 0 Å². The molecule has 0 heterocycles. The minimum atomic E-state index is -0.542. The molecule has 0 bridgehead atoms. The van der Waals surface area contributed by atoms with E-state index in [-0.39, 0.29) is 17.0 Å². The number of carbonyl (C=O) groups is 1. The van der Waals surface area contributed by atoms with Gasteiger partial charge in [0.2, 0.25) is 0 Å². The summed E-state index contributed by atoms with van der Waals surface area (Å²) >= 11 is 5.65. The lowest BCUT2D eigenvalue weighted by atomic mass is 10.1. The van der Waals surface area contributed by atoms with Gasteiger partial charge in [0.25, 0.3) is 5.91 Å². The van der Waals surface area contributed by atoms with E-state index in [1.807, 2.05) is 30.3 Å². The van der Waals surface area contributed by atoms with Gasteiger partial charge in [-0.2, -0.15) is 0 Å². The monoisotopic (exact) mass is 306 g/mol. The Bertz CT molecular complexity index is 619. The molecule has 5 heteroatoms. The summed E-state index contributed by atoms with van der Waals surface area (Å²) in [6.07, 6.45) is 0.616. The highest BCUT2D eigenvalue weighted by molar-refractivity contribution is 6.31. The first-order chi connectivity index (χ1) is 10.1. The van der Waals surface area contributed by atoms with Crippen LogP contribution in [-0.4, -0.2) is 12.5 Å². The summed E-state index contributed by atoms with van der Waals surface area (Å²) in [6.45, 7) is 0.434. The molecule has 0 radical (unpaired) electrons. The molecule has 2 aromatic carbocycles. The van der Waals surface area contributed by atoms with Gasteiger partial charge in [-0.05, 0) is 30.2 Å². The second kappa shape index (κ2) is 7.20. The Balaban J connectivity index is 1.85. The SMILES string of the molecule is NC(CCNC(=O)c1ccc(F)c(Cl)c1)c1ccccc1. The number of benzene rings is 2. The summed E-state index contributed by atoms with van der Waals surface area (Å²) < 4.78 is 13.0. The third-order valence-corrected chi connectivity index (χ3v) is 3.44. The molecule has 1 atom stereocenters. The minimum Gasteiger partial charge on any atom is -0.352 e. The maximum absolute atomic E-state index is 13.0. The van der Waals surface area contributed by atoms with E-state index in [9.17, 15) is 9.18 Å². The molecular weight excluding hydrogens is 291 g/mol. The standard InChI is InChI=1S/C16H16ClFN2O/c17-13-10-12(6-7-14(13)18)16(21)20-9-8-15(19)11-4-2-1-3-5-11/h1-7,10,15H,8-9,19H2,(H,20,21). The minimum absolute atomic E-state index is 0.0661. The Labute approximate surface area is 127 Å². The van der Waals surface area contributed by atoms with Crippen LogP contribution in [0.15, 0.2) is 48.5 Å². The Kier molecular flexibility index (Phi) is 5.31. The van der Waals surface area contributed by atoms with Gasteiger partial charge < -0.3 is 11.1 Å². The zero-order chi connectivity index (χ0) is 15.2. The highest BCUT2D eigenvalue weighted by Gasteiger charge is 2.10. The molecule has 0 aliphatic carbocycles. The molecule has 0 aromatic heterocycles. The van der Waals surface area contributed by atoms with Crippen LogP contribution in [-0.2, 0) is 0 Å². The maximum Gasteiger partial charge on any atom is 0.251 e. The number of amides is 1. The van der Waals surface area contributed by atoms with E-state index in [0.717, 1.165) is 5.56 Å². The van der Waals surface area contributed by atoms with E-state index in [4.69, 9.17) is 17.3 Å². The number of rotatable bonds is 5. The van der Waals surface area contributed by atoms with Crippen LogP contribution in [0.2, 0.25) is 5.02 Å². The number of hydrogen-bond donors (Lipinski definition) is 2. The van der Waals surface area contributed by atoms with Gasteiger partial charge in [-0.25, -0.2) is 4.39 Å². The van der Waals surface area contributed by atoms with Crippen LogP contribution >= 0.6 is 11.6 Å². The first-order valence-electron chi connectivity index (χ1n) is 6.61. The molecule has 0 aliphatic heterocycles. The lowest BCUT2D eigenvalue weighted by Crippen LogP contribution is -2.27. The maximum atomic E-state index is 13.0. The molecule has 1 unspecified atom stereocenters. The van der Waals surface area contributed by atoms with Crippen LogP contribution in [0.3, 0.4) is 0 Å². The molecule has 0 saturated carbocycles. The highest BCUT2D eigenvalue weighted by atomic mass is 35.5. The molecule has 21 heavy (non-hydrogen) atoms. The van der Waals surface area contributed by atoms with Gasteiger partial charge in [-0.1, -0.05) is 41.9 Å². The lowest BCUT2D eigenvalue weighted by Gasteiger charge is -2.12. The first-order valence-corrected chi connectivity index (χ1v) is 6.99. The van der Waals surface area contributed by atoms with Crippen molar-refractivity contribution >= 4 is 17.5 Å². The summed E-state index contributed by atoms with van der Waals surface area (Å²) in [4.78, 5) is 11.9. The van der Waals surface area contributed by atoms with Crippen LogP contribution in [0, 0.1) is 5.82 Å². The predicted molar refractivity (Wildman–Crippen MR) is 81.7 cm³/mol. The third kappa shape index (κ3) is 4.28. The van der Waals surface area contributed by atoms with E-state index in [2.05, 4.69) is 5.32 Å². The molecule has 1 amide bonds. The van der Waals surface area contributed by atoms with Gasteiger partial charge in [0.15, 0.2) is 0 Å². The fourth-order valence-electron chi connectivity index (χ4n) is 1.95. The van der Waals surface area contributed by atoms with Crippen molar-refractivity contribution in [2.75, 3.05) is 6.54 Å². The fourth-order valence-corrected chi connectivity index (χ4v) is 2.13. The van der Waals surface area contributed by atoms with Gasteiger partial charge >= 0.3 is 0 Å². The average Bonchev–Trinajstić information content (AvgIpc) is 2.50. The summed E-state index contributed by atoms with van der Waals surface area (Å²) in [7, 11) is 0. The van der Waals surface area contributed by atoms with Crippen molar-refractivity contribution in [1.29, 1.82) is 0 Å². The first kappa shape index (κ1) is 15.5. The van der Waals surface area contributed by atoms with Crippen LogP contribution in [0.25, 0.3) is 0 Å². The summed E-state index contributed by atoms with van der Waals surface area (Å²) in [6, 6.07) is 13.4. The molecular formula is C16H16ClFN2O. The molecule has 0 fully saturated rings. The molecule has 0 aliphatic rings. The van der Waals surface area contributed by atoms with Crippen molar-refractivity contribution < 1.29 is 9.18 Å². The number of nitrogens with two attached hydrogens (primary N) is 1. The Morgan fingerprint density at radius 2 is 1.95 bits per heavy atom. The Hall–Kier alpha value is -1.91. The summed E-state index contributed by atoms with van der Waals surface area (Å²) in [5.74, 6) is -0.837. The van der Waals surface area contributed by atoms with Crippen molar-refractivity contribution in [3.8, 4) is 0 Å². The van der Waals surface area contributed by atoms with E-state index in [1.165, 1.54) is 18.2 Å². The van der Waals surface area contributed by atoms with Gasteiger partial charge in [-0.3, -0.25) is 4.79 Å². The van der Waals surface area contributed by atoms with E-state index >= 15 is 0 Å². The third-order valence-electron chi connectivity index (χ3n) is 3.15. The Morgan fingerprint density at radius 3 is 2.62 bits per heavy atom. The fraction of sp³-hybridized carbons (Fsp3) is 0.188. The number of nitrogens with one attached hydrogen (secondary N) is 1. The van der Waals surface area contributed by atoms with E-state index in [0.29, 0.717) is 18.5 Å². The van der Waals surface area contributed by atoms with Gasteiger partial charge in [0, 0.05) is 18.2 Å². The normalized spacial score (nSPS) is 12.0. The quantitative estimate of drug-likeness (QED) is 0.890. The molecule has 3 nitrogen and oxygen atoms in total. The summed E-state index contributed by atoms with van der Waals surface area (Å²) in [5.41, 5.74) is 7.39. The van der Waals surface area contributed by atoms with Gasteiger partial charge in [-0.15, -0.1) is 0 Å². The zero-order valence-corrected chi connectivity index (χ0v) is 12.1. The van der Waals surface area contributed by atoms with Gasteiger partial charge in [0.1, 0.15) is 5.82 Å². The highest BCUT2D eigenvalue weighted by Crippen LogP contribution is 2.16. The van der Waals surface area contributed by atoms with Crippen molar-refractivity contribution in [3.05, 3.63) is 70.5 Å².